The SMILES string of the molecule is C/C1=C\C=C\[C@@H](C)[C@@]2(O)C[C@H](OC(=O)N2)[C@@H](C)[C@@H]2O[C@@]2(C)[C@@H](OC(=O)[C@H](C)N(C)C(=O)CCC(C)(C)SSCCCON)CC(=O)N(C)c2cc(cc(C)c2Cl)C1. The van der Waals surface area contributed by atoms with E-state index in [1.165, 1.54) is 9.80 Å². The summed E-state index contributed by atoms with van der Waals surface area (Å²) in [6.07, 6.45) is 4.43. The Morgan fingerprint density at radius 1 is 1.25 bits per heavy atom. The van der Waals surface area contributed by atoms with Crippen molar-refractivity contribution in [3.63, 3.8) is 0 Å². The van der Waals surface area contributed by atoms with Crippen molar-refractivity contribution in [2.45, 2.75) is 134 Å². The number of allylic oxidation sites excluding steroid dienone is 3. The van der Waals surface area contributed by atoms with E-state index in [2.05, 4.69) is 24.0 Å². The molecular weight excluding hydrogens is 792 g/mol. The quantitative estimate of drug-likeness (QED) is 0.0673. The molecule has 8 atom stereocenters. The van der Waals surface area contributed by atoms with Gasteiger partial charge in [0.25, 0.3) is 0 Å². The number of rotatable bonds is 12. The fourth-order valence-electron chi connectivity index (χ4n) is 7.19. The second-order valence-corrected chi connectivity index (χ2v) is 20.0. The van der Waals surface area contributed by atoms with Crippen LogP contribution < -0.4 is 16.1 Å². The van der Waals surface area contributed by atoms with E-state index in [1.54, 1.807) is 49.5 Å². The molecule has 3 aliphatic rings. The lowest BCUT2D eigenvalue weighted by Gasteiger charge is -2.41. The number of nitrogens with two attached hydrogens (primary N) is 1. The fourth-order valence-corrected chi connectivity index (χ4v) is 10.1. The number of fused-ring (bicyclic) bond motifs is 5. The second-order valence-electron chi connectivity index (χ2n) is 16.5. The van der Waals surface area contributed by atoms with Gasteiger partial charge in [-0.05, 0) is 78.0 Å². The molecule has 4 N–H and O–H groups in total. The van der Waals surface area contributed by atoms with Crippen LogP contribution in [0.2, 0.25) is 5.02 Å². The van der Waals surface area contributed by atoms with Crippen LogP contribution in [-0.2, 0) is 39.9 Å². The maximum atomic E-state index is 14.2. The summed E-state index contributed by atoms with van der Waals surface area (Å²) in [5, 5.41) is 14.7. The Hall–Kier alpha value is -2.79. The average Bonchev–Trinajstić information content (AvgIpc) is 3.84. The third kappa shape index (κ3) is 11.9. The first kappa shape index (κ1) is 46.9. The van der Waals surface area contributed by atoms with Crippen molar-refractivity contribution in [1.29, 1.82) is 0 Å². The minimum atomic E-state index is -1.60. The Labute approximate surface area is 350 Å². The van der Waals surface area contributed by atoms with E-state index in [9.17, 15) is 24.3 Å². The highest BCUT2D eigenvalue weighted by Gasteiger charge is 2.64. The molecular formula is C41H61ClN4O9S2. The Kier molecular flexibility index (Phi) is 16.1. The number of amides is 3. The molecule has 4 bridgehead atoms. The first-order chi connectivity index (χ1) is 26.6. The minimum Gasteiger partial charge on any atom is -0.457 e. The third-order valence-corrected chi connectivity index (χ3v) is 15.3. The highest BCUT2D eigenvalue weighted by atomic mass is 35.5. The van der Waals surface area contributed by atoms with Crippen LogP contribution in [0.25, 0.3) is 0 Å². The number of halogens is 1. The van der Waals surface area contributed by atoms with Gasteiger partial charge in [0.1, 0.15) is 29.6 Å². The Morgan fingerprint density at radius 3 is 2.63 bits per heavy atom. The van der Waals surface area contributed by atoms with Crippen LogP contribution in [0, 0.1) is 18.8 Å². The highest BCUT2D eigenvalue weighted by Crippen LogP contribution is 2.49. The van der Waals surface area contributed by atoms with Crippen LogP contribution >= 0.6 is 33.2 Å². The van der Waals surface area contributed by atoms with Gasteiger partial charge in [-0.2, -0.15) is 0 Å². The summed E-state index contributed by atoms with van der Waals surface area (Å²) in [6.45, 7) is 15.5. The first-order valence-electron chi connectivity index (χ1n) is 19.5. The van der Waals surface area contributed by atoms with Crippen LogP contribution in [0.5, 0.6) is 0 Å². The number of likely N-dealkylation sites (N-methyl/N-ethyl adjacent to an activating group) is 1. The molecule has 0 radical (unpaired) electrons. The number of anilines is 1. The van der Waals surface area contributed by atoms with Gasteiger partial charge in [0.2, 0.25) is 11.8 Å². The van der Waals surface area contributed by atoms with Gasteiger partial charge in [0.15, 0.2) is 0 Å². The molecule has 2 saturated heterocycles. The topological polar surface area (TPSA) is 173 Å². The zero-order valence-corrected chi connectivity index (χ0v) is 37.3. The van der Waals surface area contributed by atoms with Crippen LogP contribution in [0.15, 0.2) is 35.9 Å². The van der Waals surface area contributed by atoms with Gasteiger partial charge in [-0.15, -0.1) is 0 Å². The molecule has 0 spiro atoms. The number of aryl methyl sites for hydroxylation is 1. The highest BCUT2D eigenvalue weighted by molar-refractivity contribution is 8.77. The maximum Gasteiger partial charge on any atom is 0.409 e. The molecule has 3 heterocycles. The Bertz CT molecular complexity index is 1710. The van der Waals surface area contributed by atoms with Gasteiger partial charge in [0, 0.05) is 49.3 Å². The van der Waals surface area contributed by atoms with E-state index in [1.807, 2.05) is 58.1 Å². The van der Waals surface area contributed by atoms with Gasteiger partial charge in [-0.1, -0.05) is 76.9 Å². The molecule has 318 valence electrons. The summed E-state index contributed by atoms with van der Waals surface area (Å²) < 4.78 is 18.0. The zero-order valence-electron chi connectivity index (χ0n) is 34.9. The fraction of sp³-hybridized carbons (Fsp3) is 0.659. The number of carbonyl (C=O) groups excluding carboxylic acids is 4. The Balaban J connectivity index is 1.60. The van der Waals surface area contributed by atoms with Crippen LogP contribution in [0.1, 0.15) is 91.7 Å². The van der Waals surface area contributed by atoms with E-state index in [4.69, 9.17) is 31.7 Å². The molecule has 57 heavy (non-hydrogen) atoms. The number of alkyl carbamates (subject to hydrolysis) is 1. The minimum absolute atomic E-state index is 0.0704. The summed E-state index contributed by atoms with van der Waals surface area (Å²) in [5.74, 6) is 3.75. The van der Waals surface area contributed by atoms with E-state index in [-0.39, 0.29) is 35.8 Å². The van der Waals surface area contributed by atoms with E-state index in [0.717, 1.165) is 28.9 Å². The summed E-state index contributed by atoms with van der Waals surface area (Å²) in [4.78, 5) is 61.8. The van der Waals surface area contributed by atoms with Crippen molar-refractivity contribution in [3.8, 4) is 0 Å². The first-order valence-corrected chi connectivity index (χ1v) is 22.2. The number of hydrogen-bond donors (Lipinski definition) is 3. The van der Waals surface area contributed by atoms with Crippen LogP contribution in [0.4, 0.5) is 10.5 Å². The molecule has 0 aliphatic carbocycles. The normalized spacial score (nSPS) is 30.2. The summed E-state index contributed by atoms with van der Waals surface area (Å²) >= 11 is 6.80. The van der Waals surface area contributed by atoms with Crippen LogP contribution in [-0.4, -0.2) is 101 Å². The number of aliphatic hydroxyl groups is 1. The number of epoxide rings is 1. The molecule has 3 amide bonds. The second kappa shape index (κ2) is 19.5. The van der Waals surface area contributed by atoms with Gasteiger partial charge in [0.05, 0.1) is 29.8 Å². The van der Waals surface area contributed by atoms with E-state index >= 15 is 0 Å². The zero-order chi connectivity index (χ0) is 42.5. The van der Waals surface area contributed by atoms with Crippen molar-refractivity contribution < 1.29 is 43.3 Å². The number of hydrogen-bond acceptors (Lipinski definition) is 12. The molecule has 3 aliphatic heterocycles. The van der Waals surface area contributed by atoms with Crippen molar-refractivity contribution in [2.75, 3.05) is 31.4 Å². The number of benzene rings is 1. The van der Waals surface area contributed by atoms with Gasteiger partial charge in [-0.3, -0.25) is 14.9 Å². The van der Waals surface area contributed by atoms with Gasteiger partial charge in [-0.25, -0.2) is 15.5 Å². The largest absolute Gasteiger partial charge is 0.457 e. The number of nitrogens with one attached hydrogen (secondary N) is 1. The molecule has 13 nitrogen and oxygen atoms in total. The molecule has 0 saturated carbocycles. The molecule has 4 rings (SSSR count). The lowest BCUT2D eigenvalue weighted by Crippen LogP contribution is -2.60. The van der Waals surface area contributed by atoms with Gasteiger partial charge < -0.3 is 34.0 Å². The van der Waals surface area contributed by atoms with Gasteiger partial charge >= 0.3 is 12.1 Å². The van der Waals surface area contributed by atoms with Crippen molar-refractivity contribution in [1.82, 2.24) is 10.2 Å². The standard InChI is InChI=1S/C41H61ClN4O9S2/c1-24-13-11-14-26(3)41(51)23-31(53-38(50)44-41)27(4)36-40(8,55-36)32(22-34(48)46(10)30-21-29(19-24)20-25(2)35(30)42)54-37(49)28(5)45(9)33(47)15-16-39(6,7)57-56-18-12-17-52-43/h11,13-14,20-21,26-28,31-32,36,51H,12,15-19,22-23,43H2,1-10H3,(H,44,50)/b14-11+,24-13+/t26-,27-,28+,31+,32+,36+,40+,41+/m1/s1. The lowest BCUT2D eigenvalue weighted by molar-refractivity contribution is -0.162. The Morgan fingerprint density at radius 2 is 1.95 bits per heavy atom. The predicted octanol–water partition coefficient (Wildman–Crippen LogP) is 6.66. The summed E-state index contributed by atoms with van der Waals surface area (Å²) in [5.41, 5.74) is 0.495. The summed E-state index contributed by atoms with van der Waals surface area (Å²) in [7, 11) is 6.59. The molecule has 1 aromatic carbocycles. The van der Waals surface area contributed by atoms with Crippen molar-refractivity contribution in [2.24, 2.45) is 17.7 Å². The molecule has 0 aromatic heterocycles. The number of carbonyl (C=O) groups is 4. The molecule has 2 fully saturated rings. The molecule has 16 heteroatoms. The predicted molar refractivity (Wildman–Crippen MR) is 226 cm³/mol. The van der Waals surface area contributed by atoms with Crippen molar-refractivity contribution in [3.05, 3.63) is 52.1 Å². The number of ether oxygens (including phenoxy) is 3. The van der Waals surface area contributed by atoms with E-state index in [0.29, 0.717) is 30.2 Å². The average molecular weight is 854 g/mol. The van der Waals surface area contributed by atoms with Crippen molar-refractivity contribution >= 4 is 62.8 Å². The smallest absolute Gasteiger partial charge is 0.409 e. The molecule has 0 unspecified atom stereocenters. The third-order valence-electron chi connectivity index (χ3n) is 11.4. The van der Waals surface area contributed by atoms with Crippen LogP contribution in [0.3, 0.4) is 0 Å². The number of esters is 1. The molecule has 1 aromatic rings. The monoisotopic (exact) mass is 852 g/mol. The maximum absolute atomic E-state index is 14.2. The number of nitrogens with zero attached hydrogens (tertiary/aromatic N) is 2. The summed E-state index contributed by atoms with van der Waals surface area (Å²) in [6, 6.07) is 2.88. The van der Waals surface area contributed by atoms with E-state index < -0.39 is 59.6 Å². The lowest BCUT2D eigenvalue weighted by atomic mass is 9.82.